The van der Waals surface area contributed by atoms with Crippen LogP contribution in [0.1, 0.15) is 36.2 Å². The van der Waals surface area contributed by atoms with Crippen LogP contribution < -0.4 is 10.2 Å². The second-order valence-corrected chi connectivity index (χ2v) is 8.52. The third-order valence-electron chi connectivity index (χ3n) is 4.93. The third-order valence-corrected chi connectivity index (χ3v) is 5.56. The largest absolute Gasteiger partial charge is 0.480 e. The Morgan fingerprint density at radius 1 is 1.03 bits per heavy atom. The molecule has 1 atom stereocenters. The molecule has 3 aromatic rings. The molecule has 0 aliphatic carbocycles. The normalized spacial score (nSPS) is 11.7. The van der Waals surface area contributed by atoms with E-state index in [4.69, 9.17) is 23.2 Å². The van der Waals surface area contributed by atoms with Crippen molar-refractivity contribution < 1.29 is 14.7 Å². The number of carbonyl (C=O) groups is 2. The minimum Gasteiger partial charge on any atom is -0.480 e. The molecule has 0 saturated heterocycles. The van der Waals surface area contributed by atoms with E-state index in [0.29, 0.717) is 5.95 Å². The molecule has 0 spiro atoms. The molecule has 2 aromatic carbocycles. The van der Waals surface area contributed by atoms with Gasteiger partial charge in [-0.1, -0.05) is 53.6 Å². The topological polar surface area (TPSA) is 95.4 Å². The summed E-state index contributed by atoms with van der Waals surface area (Å²) in [6.45, 7) is 4.11. The van der Waals surface area contributed by atoms with Gasteiger partial charge in [-0.3, -0.25) is 4.79 Å². The number of hydrogen-bond donors (Lipinski definition) is 2. The molecule has 3 rings (SSSR count). The van der Waals surface area contributed by atoms with Crippen molar-refractivity contribution in [1.29, 1.82) is 0 Å². The van der Waals surface area contributed by atoms with Crippen molar-refractivity contribution in [1.82, 2.24) is 15.3 Å². The number of carboxylic acids is 1. The molecule has 1 radical (unpaired) electrons. The smallest absolute Gasteiger partial charge is 0.326 e. The van der Waals surface area contributed by atoms with Crippen LogP contribution >= 0.6 is 23.2 Å². The van der Waals surface area contributed by atoms with Crippen LogP contribution in [0.2, 0.25) is 10.0 Å². The molecule has 0 aliphatic rings. The van der Waals surface area contributed by atoms with Crippen molar-refractivity contribution >= 4 is 82.3 Å². The maximum Gasteiger partial charge on any atom is 0.326 e. The number of aliphatic carboxylic acids is 1. The zero-order valence-electron chi connectivity index (χ0n) is 19.7. The summed E-state index contributed by atoms with van der Waals surface area (Å²) in [5.41, 5.74) is 1.87. The number of nitrogens with zero attached hydrogens (tertiary/aromatic N) is 3. The maximum absolute atomic E-state index is 12.5. The summed E-state index contributed by atoms with van der Waals surface area (Å²) >= 11 is 12.1. The number of aromatic nitrogens is 2. The molecular formula is C25H24Cl2N4NaO3. The molecule has 1 heterocycles. The van der Waals surface area contributed by atoms with Crippen LogP contribution in [0, 0.1) is 0 Å². The van der Waals surface area contributed by atoms with E-state index in [1.807, 2.05) is 29.2 Å². The number of nitrogens with one attached hydrogen (secondary N) is 1. The first kappa shape index (κ1) is 28.8. The van der Waals surface area contributed by atoms with Crippen molar-refractivity contribution in [3.8, 4) is 0 Å². The van der Waals surface area contributed by atoms with Gasteiger partial charge in [0.25, 0.3) is 5.91 Å². The molecule has 7 nitrogen and oxygen atoms in total. The summed E-state index contributed by atoms with van der Waals surface area (Å²) < 4.78 is 0. The van der Waals surface area contributed by atoms with Gasteiger partial charge in [-0.25, -0.2) is 14.8 Å². The monoisotopic (exact) mass is 521 g/mol. The Morgan fingerprint density at radius 2 is 1.63 bits per heavy atom. The Balaban J connectivity index is 0.00000432. The number of hydrogen-bond acceptors (Lipinski definition) is 5. The molecule has 0 fully saturated rings. The zero-order chi connectivity index (χ0) is 24.7. The van der Waals surface area contributed by atoms with Crippen LogP contribution in [0.4, 0.5) is 11.6 Å². The molecule has 1 amide bonds. The average Bonchev–Trinajstić information content (AvgIpc) is 2.80. The first-order chi connectivity index (χ1) is 16.3. The van der Waals surface area contributed by atoms with E-state index in [-0.39, 0.29) is 57.6 Å². The van der Waals surface area contributed by atoms with Gasteiger partial charge in [-0.15, -0.1) is 0 Å². The summed E-state index contributed by atoms with van der Waals surface area (Å²) in [6, 6.07) is 13.2. The van der Waals surface area contributed by atoms with E-state index in [1.165, 1.54) is 12.1 Å². The van der Waals surface area contributed by atoms with E-state index in [0.717, 1.165) is 11.3 Å². The number of carbonyl (C=O) groups excluding carboxylic acids is 1. The first-order valence-corrected chi connectivity index (χ1v) is 11.3. The van der Waals surface area contributed by atoms with Crippen LogP contribution in [0.3, 0.4) is 0 Å². The van der Waals surface area contributed by atoms with Crippen LogP contribution in [-0.4, -0.2) is 68.6 Å². The summed E-state index contributed by atoms with van der Waals surface area (Å²) in [5.74, 6) is -1.19. The molecule has 10 heteroatoms. The number of carboxylic acid groups (broad SMARTS) is 1. The van der Waals surface area contributed by atoms with E-state index >= 15 is 0 Å². The van der Waals surface area contributed by atoms with Crippen molar-refractivity contribution in [3.05, 3.63) is 88.2 Å². The van der Waals surface area contributed by atoms with E-state index in [9.17, 15) is 14.7 Å². The van der Waals surface area contributed by atoms with Gasteiger partial charge >= 0.3 is 5.97 Å². The standard InChI is InChI=1S/C25H24Cl2N4O3.Na/c1-16(2)31(25-28-14-5-15-29-25)18-12-10-17(11-13-18)6-3-9-21(24(33)34)30-23(32)22-19(26)7-4-8-20(22)27;/h3-8,10-16,21H,9H2,1-2H3,(H,30,32)(H,33,34);/t21-;/m0./s1. The van der Waals surface area contributed by atoms with Gasteiger partial charge < -0.3 is 15.3 Å². The number of benzene rings is 2. The molecule has 0 bridgehead atoms. The second-order valence-electron chi connectivity index (χ2n) is 7.70. The van der Waals surface area contributed by atoms with Crippen LogP contribution in [0.15, 0.2) is 67.0 Å². The molecule has 2 N–H and O–H groups in total. The second kappa shape index (κ2) is 13.6. The Labute approximate surface area is 236 Å². The van der Waals surface area contributed by atoms with Gasteiger partial charge in [-0.2, -0.15) is 0 Å². The minimum atomic E-state index is -1.16. The van der Waals surface area contributed by atoms with Crippen LogP contribution in [0.5, 0.6) is 0 Å². The van der Waals surface area contributed by atoms with Crippen LogP contribution in [0.25, 0.3) is 6.08 Å². The van der Waals surface area contributed by atoms with Crippen molar-refractivity contribution in [2.24, 2.45) is 0 Å². The van der Waals surface area contributed by atoms with Gasteiger partial charge in [0.05, 0.1) is 15.6 Å². The molecule has 1 aromatic heterocycles. The minimum absolute atomic E-state index is 0. The van der Waals surface area contributed by atoms with Gasteiger partial charge in [-0.05, 0) is 56.2 Å². The summed E-state index contributed by atoms with van der Waals surface area (Å²) in [6.07, 6.45) is 6.98. The van der Waals surface area contributed by atoms with Gasteiger partial charge in [0.1, 0.15) is 6.04 Å². The molecule has 35 heavy (non-hydrogen) atoms. The zero-order valence-corrected chi connectivity index (χ0v) is 23.2. The van der Waals surface area contributed by atoms with E-state index in [1.54, 1.807) is 36.7 Å². The van der Waals surface area contributed by atoms with Crippen molar-refractivity contribution in [3.63, 3.8) is 0 Å². The third kappa shape index (κ3) is 7.78. The molecular weight excluding hydrogens is 498 g/mol. The molecule has 0 saturated carbocycles. The van der Waals surface area contributed by atoms with Crippen molar-refractivity contribution in [2.45, 2.75) is 32.4 Å². The summed E-state index contributed by atoms with van der Waals surface area (Å²) in [5, 5.41) is 12.3. The van der Waals surface area contributed by atoms with E-state index in [2.05, 4.69) is 29.1 Å². The van der Waals surface area contributed by atoms with Gasteiger partial charge in [0.15, 0.2) is 0 Å². The number of halogens is 2. The van der Waals surface area contributed by atoms with Gasteiger partial charge in [0.2, 0.25) is 5.95 Å². The maximum atomic E-state index is 12.5. The Hall–Kier alpha value is -2.42. The van der Waals surface area contributed by atoms with Crippen LogP contribution in [-0.2, 0) is 4.79 Å². The predicted molar refractivity (Wildman–Crippen MR) is 141 cm³/mol. The Bertz CT molecular complexity index is 1150. The summed E-state index contributed by atoms with van der Waals surface area (Å²) in [7, 11) is 0. The number of anilines is 2. The Morgan fingerprint density at radius 3 is 2.17 bits per heavy atom. The number of rotatable bonds is 9. The predicted octanol–water partition coefficient (Wildman–Crippen LogP) is 5.24. The van der Waals surface area contributed by atoms with E-state index < -0.39 is 17.9 Å². The molecule has 177 valence electrons. The Kier molecular flexibility index (Phi) is 11.2. The van der Waals surface area contributed by atoms with Gasteiger partial charge in [0, 0.05) is 53.7 Å². The number of amides is 1. The quantitative estimate of drug-likeness (QED) is 0.374. The fraction of sp³-hybridized carbons (Fsp3) is 0.200. The fourth-order valence-electron chi connectivity index (χ4n) is 3.31. The molecule has 0 aliphatic heterocycles. The first-order valence-electron chi connectivity index (χ1n) is 10.6. The SMILES string of the molecule is CC(C)N(c1ccc(C=CC[C@H](NC(=O)c2c(Cl)cccc2Cl)C(=O)O)cc1)c1ncccn1.[Na]. The summed E-state index contributed by atoms with van der Waals surface area (Å²) in [4.78, 5) is 34.9. The average molecular weight is 522 g/mol. The molecule has 0 unspecified atom stereocenters. The fourth-order valence-corrected chi connectivity index (χ4v) is 3.88. The van der Waals surface area contributed by atoms with Crippen molar-refractivity contribution in [2.75, 3.05) is 4.90 Å².